The van der Waals surface area contributed by atoms with E-state index in [2.05, 4.69) is 19.2 Å². The maximum atomic E-state index is 11.8. The third kappa shape index (κ3) is 3.66. The number of nitrogens with one attached hydrogen (secondary N) is 1. The van der Waals surface area contributed by atoms with Crippen LogP contribution in [0.2, 0.25) is 0 Å². The Balaban J connectivity index is 4.38. The van der Waals surface area contributed by atoms with Gasteiger partial charge in [0.15, 0.2) is 0 Å². The molecule has 3 heteroatoms. The molecule has 3 nitrogen and oxygen atoms in total. The van der Waals surface area contributed by atoms with Gasteiger partial charge in [0.2, 0.25) is 5.91 Å². The normalized spacial score (nSPS) is 11.9. The molecule has 0 rings (SSSR count). The van der Waals surface area contributed by atoms with Gasteiger partial charge < -0.3 is 10.2 Å². The summed E-state index contributed by atoms with van der Waals surface area (Å²) in [6.45, 7) is 8.15. The molecule has 0 aromatic carbocycles. The van der Waals surface area contributed by atoms with Crippen molar-refractivity contribution in [2.45, 2.75) is 52.1 Å². The predicted octanol–water partition coefficient (Wildman–Crippen LogP) is 1.63. The van der Waals surface area contributed by atoms with Gasteiger partial charge in [-0.2, -0.15) is 0 Å². The standard InChI is InChI=1S/C11H24N2O/c1-7-9(8-2)12-11(3,4)10(14)13(5)6/h9,12H,7-8H2,1-6H3. The minimum atomic E-state index is -0.458. The average Bonchev–Trinajstić information content (AvgIpc) is 2.12. The van der Waals surface area contributed by atoms with Crippen molar-refractivity contribution in [2.75, 3.05) is 14.1 Å². The smallest absolute Gasteiger partial charge is 0.241 e. The van der Waals surface area contributed by atoms with Crippen molar-refractivity contribution in [3.8, 4) is 0 Å². The first kappa shape index (κ1) is 13.4. The van der Waals surface area contributed by atoms with E-state index in [4.69, 9.17) is 0 Å². The van der Waals surface area contributed by atoms with Crippen LogP contribution in [0.3, 0.4) is 0 Å². The van der Waals surface area contributed by atoms with Crippen molar-refractivity contribution >= 4 is 5.91 Å². The molecule has 1 N–H and O–H groups in total. The molecule has 0 bridgehead atoms. The van der Waals surface area contributed by atoms with E-state index in [0.29, 0.717) is 6.04 Å². The van der Waals surface area contributed by atoms with Crippen LogP contribution in [-0.4, -0.2) is 36.5 Å². The molecule has 0 aromatic rings. The topological polar surface area (TPSA) is 32.3 Å². The van der Waals surface area contributed by atoms with E-state index in [0.717, 1.165) is 12.8 Å². The monoisotopic (exact) mass is 200 g/mol. The van der Waals surface area contributed by atoms with Crippen molar-refractivity contribution in [1.29, 1.82) is 0 Å². The van der Waals surface area contributed by atoms with Gasteiger partial charge in [-0.15, -0.1) is 0 Å². The number of rotatable bonds is 5. The molecule has 0 radical (unpaired) electrons. The molecule has 84 valence electrons. The summed E-state index contributed by atoms with van der Waals surface area (Å²) in [5.41, 5.74) is -0.458. The number of hydrogen-bond acceptors (Lipinski definition) is 2. The van der Waals surface area contributed by atoms with Crippen molar-refractivity contribution in [3.63, 3.8) is 0 Å². The fourth-order valence-electron chi connectivity index (χ4n) is 1.62. The Morgan fingerprint density at radius 3 is 2.00 bits per heavy atom. The molecule has 0 saturated heterocycles. The summed E-state index contributed by atoms with van der Waals surface area (Å²) < 4.78 is 0. The van der Waals surface area contributed by atoms with E-state index in [1.54, 1.807) is 19.0 Å². The van der Waals surface area contributed by atoms with Crippen LogP contribution in [0.5, 0.6) is 0 Å². The Morgan fingerprint density at radius 1 is 1.29 bits per heavy atom. The number of carbonyl (C=O) groups is 1. The lowest BCUT2D eigenvalue weighted by atomic mass is 10.0. The summed E-state index contributed by atoms with van der Waals surface area (Å²) in [6, 6.07) is 0.425. The van der Waals surface area contributed by atoms with E-state index < -0.39 is 5.54 Å². The molecule has 0 atom stereocenters. The predicted molar refractivity (Wildman–Crippen MR) is 60.3 cm³/mol. The van der Waals surface area contributed by atoms with Crippen molar-refractivity contribution < 1.29 is 4.79 Å². The number of nitrogens with zero attached hydrogens (tertiary/aromatic N) is 1. The lowest BCUT2D eigenvalue weighted by Crippen LogP contribution is -2.55. The molecule has 0 saturated carbocycles. The lowest BCUT2D eigenvalue weighted by molar-refractivity contribution is -0.134. The van der Waals surface area contributed by atoms with Crippen LogP contribution in [0.25, 0.3) is 0 Å². The Morgan fingerprint density at radius 2 is 1.71 bits per heavy atom. The Kier molecular flexibility index (Phi) is 5.13. The zero-order chi connectivity index (χ0) is 11.4. The molecule has 0 aromatic heterocycles. The molecule has 1 amide bonds. The fourth-order valence-corrected chi connectivity index (χ4v) is 1.62. The number of amides is 1. The lowest BCUT2D eigenvalue weighted by Gasteiger charge is -2.32. The SMILES string of the molecule is CCC(CC)NC(C)(C)C(=O)N(C)C. The minimum absolute atomic E-state index is 0.129. The number of likely N-dealkylation sites (N-methyl/N-ethyl adjacent to an activating group) is 1. The van der Waals surface area contributed by atoms with E-state index in [1.807, 2.05) is 13.8 Å². The summed E-state index contributed by atoms with van der Waals surface area (Å²) >= 11 is 0. The first-order valence-electron chi connectivity index (χ1n) is 5.34. The van der Waals surface area contributed by atoms with E-state index in [1.165, 1.54) is 0 Å². The second kappa shape index (κ2) is 5.35. The third-order valence-corrected chi connectivity index (χ3v) is 2.49. The zero-order valence-electron chi connectivity index (χ0n) is 10.3. The molecular weight excluding hydrogens is 176 g/mol. The summed E-state index contributed by atoms with van der Waals surface area (Å²) in [5, 5.41) is 3.38. The molecular formula is C11H24N2O. The molecule has 0 fully saturated rings. The molecule has 0 unspecified atom stereocenters. The van der Waals surface area contributed by atoms with E-state index in [9.17, 15) is 4.79 Å². The molecule has 14 heavy (non-hydrogen) atoms. The van der Waals surface area contributed by atoms with Crippen LogP contribution in [0, 0.1) is 0 Å². The van der Waals surface area contributed by atoms with Crippen molar-refractivity contribution in [3.05, 3.63) is 0 Å². The number of carbonyl (C=O) groups excluding carboxylic acids is 1. The van der Waals surface area contributed by atoms with Gasteiger partial charge in [0.1, 0.15) is 0 Å². The molecule has 0 aliphatic carbocycles. The van der Waals surface area contributed by atoms with E-state index in [-0.39, 0.29) is 5.91 Å². The maximum absolute atomic E-state index is 11.8. The van der Waals surface area contributed by atoms with Crippen LogP contribution < -0.4 is 5.32 Å². The summed E-state index contributed by atoms with van der Waals surface area (Å²) in [7, 11) is 3.58. The van der Waals surface area contributed by atoms with Crippen LogP contribution >= 0.6 is 0 Å². The summed E-state index contributed by atoms with van der Waals surface area (Å²) in [4.78, 5) is 13.4. The van der Waals surface area contributed by atoms with Crippen molar-refractivity contribution in [1.82, 2.24) is 10.2 Å². The van der Waals surface area contributed by atoms with Gasteiger partial charge in [-0.05, 0) is 26.7 Å². The highest BCUT2D eigenvalue weighted by molar-refractivity contribution is 5.85. The van der Waals surface area contributed by atoms with Crippen LogP contribution in [0.1, 0.15) is 40.5 Å². The summed E-state index contributed by atoms with van der Waals surface area (Å²) in [6.07, 6.45) is 2.11. The van der Waals surface area contributed by atoms with Crippen LogP contribution in [0.15, 0.2) is 0 Å². The molecule has 0 aliphatic rings. The van der Waals surface area contributed by atoms with Crippen LogP contribution in [-0.2, 0) is 4.79 Å². The highest BCUT2D eigenvalue weighted by atomic mass is 16.2. The molecule has 0 heterocycles. The maximum Gasteiger partial charge on any atom is 0.241 e. The quantitative estimate of drug-likeness (QED) is 0.731. The Bertz CT molecular complexity index is 184. The van der Waals surface area contributed by atoms with Gasteiger partial charge >= 0.3 is 0 Å². The second-order valence-electron chi connectivity index (χ2n) is 4.48. The van der Waals surface area contributed by atoms with Crippen LogP contribution in [0.4, 0.5) is 0 Å². The largest absolute Gasteiger partial charge is 0.347 e. The van der Waals surface area contributed by atoms with Gasteiger partial charge in [0.05, 0.1) is 5.54 Å². The molecule has 0 spiro atoms. The van der Waals surface area contributed by atoms with Gasteiger partial charge in [0.25, 0.3) is 0 Å². The molecule has 0 aliphatic heterocycles. The zero-order valence-corrected chi connectivity index (χ0v) is 10.3. The average molecular weight is 200 g/mol. The fraction of sp³-hybridized carbons (Fsp3) is 0.909. The van der Waals surface area contributed by atoms with Gasteiger partial charge in [-0.3, -0.25) is 4.79 Å². The Labute approximate surface area is 87.9 Å². The van der Waals surface area contributed by atoms with E-state index >= 15 is 0 Å². The van der Waals surface area contributed by atoms with Gasteiger partial charge in [-0.1, -0.05) is 13.8 Å². The van der Waals surface area contributed by atoms with Crippen molar-refractivity contribution in [2.24, 2.45) is 0 Å². The third-order valence-electron chi connectivity index (χ3n) is 2.49. The van der Waals surface area contributed by atoms with Gasteiger partial charge in [-0.25, -0.2) is 0 Å². The van der Waals surface area contributed by atoms with Gasteiger partial charge in [0, 0.05) is 20.1 Å². The second-order valence-corrected chi connectivity index (χ2v) is 4.48. The highest BCUT2D eigenvalue weighted by Gasteiger charge is 2.30. The number of hydrogen-bond donors (Lipinski definition) is 1. The first-order valence-corrected chi connectivity index (χ1v) is 5.34. The highest BCUT2D eigenvalue weighted by Crippen LogP contribution is 2.10. The first-order chi connectivity index (χ1) is 6.35. The minimum Gasteiger partial charge on any atom is -0.347 e. The Hall–Kier alpha value is -0.570. The summed E-state index contributed by atoms with van der Waals surface area (Å²) in [5.74, 6) is 0.129.